The van der Waals surface area contributed by atoms with Crippen molar-refractivity contribution < 1.29 is 4.79 Å². The average Bonchev–Trinajstić information content (AvgIpc) is 2.51. The topological polar surface area (TPSA) is 85.8 Å². The van der Waals surface area contributed by atoms with Crippen LogP contribution in [0.25, 0.3) is 0 Å². The second-order valence-electron chi connectivity index (χ2n) is 2.39. The monoisotopic (exact) mass is 197 g/mol. The van der Waals surface area contributed by atoms with E-state index < -0.39 is 11.9 Å². The fraction of sp³-hybridized carbons (Fsp3) is 0.286. The largest absolute Gasteiger partial charge is 0.335 e. The van der Waals surface area contributed by atoms with Crippen molar-refractivity contribution in [2.75, 3.05) is 0 Å². The van der Waals surface area contributed by atoms with Crippen molar-refractivity contribution in [2.45, 2.75) is 13.0 Å². The van der Waals surface area contributed by atoms with Crippen molar-refractivity contribution in [3.8, 4) is 6.07 Å². The van der Waals surface area contributed by atoms with Gasteiger partial charge in [0.2, 0.25) is 0 Å². The van der Waals surface area contributed by atoms with E-state index in [1.54, 1.807) is 6.92 Å². The summed E-state index contributed by atoms with van der Waals surface area (Å²) in [6.45, 7) is 1.56. The molecule has 0 radical (unpaired) electrons. The van der Waals surface area contributed by atoms with Crippen LogP contribution in [0.4, 0.5) is 0 Å². The average molecular weight is 197 g/mol. The van der Waals surface area contributed by atoms with Crippen LogP contribution < -0.4 is 10.2 Å². The first-order valence-corrected chi connectivity index (χ1v) is 4.39. The third kappa shape index (κ3) is 2.42. The summed E-state index contributed by atoms with van der Waals surface area (Å²) >= 11 is 0.913. The number of nitrogens with one attached hydrogen (secondary N) is 2. The summed E-state index contributed by atoms with van der Waals surface area (Å²) in [5, 5.41) is 12.2. The molecule has 0 aromatic carbocycles. The number of amides is 1. The van der Waals surface area contributed by atoms with Gasteiger partial charge in [-0.1, -0.05) is 11.3 Å². The van der Waals surface area contributed by atoms with Crippen LogP contribution in [-0.4, -0.2) is 16.9 Å². The summed E-state index contributed by atoms with van der Waals surface area (Å²) in [6.07, 6.45) is 0. The molecule has 68 valence electrons. The molecule has 1 rings (SSSR count). The van der Waals surface area contributed by atoms with Gasteiger partial charge < -0.3 is 10.3 Å². The molecule has 1 aromatic heterocycles. The first kappa shape index (κ1) is 9.48. The van der Waals surface area contributed by atoms with E-state index >= 15 is 0 Å². The Balaban J connectivity index is 2.71. The van der Waals surface area contributed by atoms with Crippen molar-refractivity contribution in [2.24, 2.45) is 0 Å². The van der Waals surface area contributed by atoms with Gasteiger partial charge in [0.25, 0.3) is 5.91 Å². The van der Waals surface area contributed by atoms with Crippen LogP contribution in [0.5, 0.6) is 0 Å². The van der Waals surface area contributed by atoms with Gasteiger partial charge in [-0.2, -0.15) is 5.26 Å². The van der Waals surface area contributed by atoms with Crippen molar-refractivity contribution in [3.63, 3.8) is 0 Å². The predicted octanol–water partition coefficient (Wildman–Crippen LogP) is 0.0783. The number of rotatable bonds is 2. The fourth-order valence-corrected chi connectivity index (χ4v) is 1.26. The van der Waals surface area contributed by atoms with E-state index in [1.807, 2.05) is 6.07 Å². The zero-order valence-electron chi connectivity index (χ0n) is 6.83. The Morgan fingerprint density at radius 3 is 3.00 bits per heavy atom. The van der Waals surface area contributed by atoms with Gasteiger partial charge in [-0.25, -0.2) is 0 Å². The summed E-state index contributed by atoms with van der Waals surface area (Å²) in [5.74, 6) is -0.438. The number of H-pyrrole nitrogens is 1. The van der Waals surface area contributed by atoms with Crippen molar-refractivity contribution in [1.82, 2.24) is 10.3 Å². The van der Waals surface area contributed by atoms with Crippen LogP contribution in [0.15, 0.2) is 10.2 Å². The number of carbonyl (C=O) groups excluding carboxylic acids is 1. The molecule has 0 spiro atoms. The lowest BCUT2D eigenvalue weighted by atomic mass is 10.3. The Bertz CT molecular complexity index is 400. The molecule has 0 aliphatic heterocycles. The molecule has 13 heavy (non-hydrogen) atoms. The Morgan fingerprint density at radius 1 is 1.85 bits per heavy atom. The predicted molar refractivity (Wildman–Crippen MR) is 47.5 cm³/mol. The fourth-order valence-electron chi connectivity index (χ4n) is 0.698. The molecule has 0 aliphatic carbocycles. The highest BCUT2D eigenvalue weighted by atomic mass is 32.1. The van der Waals surface area contributed by atoms with E-state index in [0.717, 1.165) is 11.3 Å². The SMILES string of the molecule is C[C@H](C#N)NC(=O)c1csc(=O)[nH]1. The van der Waals surface area contributed by atoms with Crippen LogP contribution in [0.2, 0.25) is 0 Å². The third-order valence-corrected chi connectivity index (χ3v) is 1.98. The molecule has 1 atom stereocenters. The number of thiazole rings is 1. The molecule has 0 aliphatic rings. The van der Waals surface area contributed by atoms with E-state index in [2.05, 4.69) is 10.3 Å². The number of nitriles is 1. The molecule has 1 aromatic rings. The molecule has 0 bridgehead atoms. The molecular weight excluding hydrogens is 190 g/mol. The summed E-state index contributed by atoms with van der Waals surface area (Å²) in [7, 11) is 0. The molecule has 2 N–H and O–H groups in total. The minimum Gasteiger partial charge on any atom is -0.335 e. The van der Waals surface area contributed by atoms with E-state index in [9.17, 15) is 9.59 Å². The maximum absolute atomic E-state index is 11.2. The lowest BCUT2D eigenvalue weighted by Gasteiger charge is -2.02. The molecule has 0 fully saturated rings. The van der Waals surface area contributed by atoms with Gasteiger partial charge in [-0.3, -0.25) is 9.59 Å². The molecule has 0 unspecified atom stereocenters. The number of aromatic amines is 1. The quantitative estimate of drug-likeness (QED) is 0.703. The maximum Gasteiger partial charge on any atom is 0.305 e. The Hall–Kier alpha value is -1.61. The molecule has 1 amide bonds. The van der Waals surface area contributed by atoms with Crippen molar-refractivity contribution in [1.29, 1.82) is 5.26 Å². The van der Waals surface area contributed by atoms with E-state index in [-0.39, 0.29) is 10.6 Å². The lowest BCUT2D eigenvalue weighted by Crippen LogP contribution is -2.31. The van der Waals surface area contributed by atoms with Gasteiger partial charge in [0.05, 0.1) is 6.07 Å². The maximum atomic E-state index is 11.2. The zero-order chi connectivity index (χ0) is 9.84. The first-order valence-electron chi connectivity index (χ1n) is 3.52. The minimum absolute atomic E-state index is 0.192. The number of carbonyl (C=O) groups is 1. The number of hydrogen-bond acceptors (Lipinski definition) is 4. The standard InChI is InChI=1S/C7H7N3O2S/c1-4(2-8)9-6(11)5-3-13-7(12)10-5/h3-4H,1H3,(H,9,11)(H,10,12)/t4-/m1/s1. The van der Waals surface area contributed by atoms with E-state index in [4.69, 9.17) is 5.26 Å². The van der Waals surface area contributed by atoms with E-state index in [1.165, 1.54) is 5.38 Å². The summed E-state index contributed by atoms with van der Waals surface area (Å²) < 4.78 is 0. The molecular formula is C7H7N3O2S. The zero-order valence-corrected chi connectivity index (χ0v) is 7.64. The van der Waals surface area contributed by atoms with Crippen LogP contribution >= 0.6 is 11.3 Å². The van der Waals surface area contributed by atoms with Gasteiger partial charge in [0.1, 0.15) is 11.7 Å². The smallest absolute Gasteiger partial charge is 0.305 e. The van der Waals surface area contributed by atoms with Crippen LogP contribution in [0.3, 0.4) is 0 Å². The number of hydrogen-bond donors (Lipinski definition) is 2. The van der Waals surface area contributed by atoms with Crippen LogP contribution in [0.1, 0.15) is 17.4 Å². The summed E-state index contributed by atoms with van der Waals surface area (Å²) in [4.78, 5) is 23.9. The molecule has 0 saturated carbocycles. The lowest BCUT2D eigenvalue weighted by molar-refractivity contribution is 0.0943. The third-order valence-electron chi connectivity index (χ3n) is 1.31. The Kier molecular flexibility index (Phi) is 2.82. The summed E-state index contributed by atoms with van der Waals surface area (Å²) in [5.41, 5.74) is 0.192. The highest BCUT2D eigenvalue weighted by Crippen LogP contribution is 1.95. The van der Waals surface area contributed by atoms with E-state index in [0.29, 0.717) is 0 Å². The van der Waals surface area contributed by atoms with Crippen molar-refractivity contribution >= 4 is 17.2 Å². The van der Waals surface area contributed by atoms with Crippen molar-refractivity contribution in [3.05, 3.63) is 20.7 Å². The van der Waals surface area contributed by atoms with Gasteiger partial charge >= 0.3 is 4.87 Å². The van der Waals surface area contributed by atoms with Crippen LogP contribution in [0, 0.1) is 11.3 Å². The molecule has 1 heterocycles. The van der Waals surface area contributed by atoms with Gasteiger partial charge in [-0.15, -0.1) is 0 Å². The van der Waals surface area contributed by atoms with Gasteiger partial charge in [-0.05, 0) is 6.92 Å². The molecule has 5 nitrogen and oxygen atoms in total. The molecule has 0 saturated heterocycles. The number of aromatic nitrogens is 1. The highest BCUT2D eigenvalue weighted by Gasteiger charge is 2.10. The van der Waals surface area contributed by atoms with Gasteiger partial charge in [0.15, 0.2) is 0 Å². The Labute approximate surface area is 78.0 Å². The first-order chi connectivity index (χ1) is 6.13. The normalized spacial score (nSPS) is 11.7. The second kappa shape index (κ2) is 3.87. The molecule has 6 heteroatoms. The highest BCUT2D eigenvalue weighted by molar-refractivity contribution is 7.07. The minimum atomic E-state index is -0.559. The second-order valence-corrected chi connectivity index (χ2v) is 3.23. The van der Waals surface area contributed by atoms with Gasteiger partial charge in [0, 0.05) is 5.38 Å². The Morgan fingerprint density at radius 2 is 2.54 bits per heavy atom. The van der Waals surface area contributed by atoms with Crippen LogP contribution in [-0.2, 0) is 0 Å². The summed E-state index contributed by atoms with van der Waals surface area (Å²) in [6, 6.07) is 1.29. The number of nitrogens with zero attached hydrogens (tertiary/aromatic N) is 1.